The smallest absolute Gasteiger partial charge is 0.257 e. The maximum absolute atomic E-state index is 12.2. The van der Waals surface area contributed by atoms with E-state index in [-0.39, 0.29) is 5.91 Å². The molecule has 2 aromatic carbocycles. The van der Waals surface area contributed by atoms with Crippen LogP contribution in [0.5, 0.6) is 0 Å². The Hall–Kier alpha value is -2.66. The van der Waals surface area contributed by atoms with E-state index >= 15 is 0 Å². The predicted molar refractivity (Wildman–Crippen MR) is 95.7 cm³/mol. The molecule has 4 nitrogen and oxygen atoms in total. The Morgan fingerprint density at radius 3 is 2.43 bits per heavy atom. The molecule has 0 spiro atoms. The van der Waals surface area contributed by atoms with E-state index in [9.17, 15) is 4.79 Å². The fraction of sp³-hybridized carbons (Fsp3) is 0.111. The van der Waals surface area contributed by atoms with Crippen molar-refractivity contribution in [1.29, 1.82) is 0 Å². The summed E-state index contributed by atoms with van der Waals surface area (Å²) in [6, 6.07) is 15.5. The van der Waals surface area contributed by atoms with Crippen LogP contribution in [0.15, 0.2) is 53.9 Å². The standard InChI is InChI=1S/C18H17N3OS/c1-12-5-3-4-6-16(12)20-15-9-7-14(8-10-15)17(22)21-18-19-13(2)11-23-18/h3-11,20H,1-2H3,(H,19,21,22). The lowest BCUT2D eigenvalue weighted by atomic mass is 10.1. The number of amides is 1. The van der Waals surface area contributed by atoms with Crippen LogP contribution < -0.4 is 10.6 Å². The van der Waals surface area contributed by atoms with Crippen LogP contribution in [0.3, 0.4) is 0 Å². The monoisotopic (exact) mass is 323 g/mol. The van der Waals surface area contributed by atoms with E-state index in [1.807, 2.05) is 42.6 Å². The van der Waals surface area contributed by atoms with Gasteiger partial charge in [0.1, 0.15) is 0 Å². The van der Waals surface area contributed by atoms with Crippen LogP contribution in [-0.2, 0) is 0 Å². The highest BCUT2D eigenvalue weighted by atomic mass is 32.1. The SMILES string of the molecule is Cc1csc(NC(=O)c2ccc(Nc3ccccc3C)cc2)n1. The first kappa shape index (κ1) is 15.2. The van der Waals surface area contributed by atoms with Crippen LogP contribution in [0.2, 0.25) is 0 Å². The van der Waals surface area contributed by atoms with E-state index in [1.165, 1.54) is 16.9 Å². The van der Waals surface area contributed by atoms with Gasteiger partial charge in [0.2, 0.25) is 0 Å². The Balaban J connectivity index is 1.69. The molecule has 3 rings (SSSR count). The highest BCUT2D eigenvalue weighted by molar-refractivity contribution is 7.13. The average molecular weight is 323 g/mol. The second-order valence-electron chi connectivity index (χ2n) is 5.27. The van der Waals surface area contributed by atoms with Crippen molar-refractivity contribution >= 4 is 33.8 Å². The molecule has 1 aromatic heterocycles. The molecule has 0 bridgehead atoms. The first-order valence-electron chi connectivity index (χ1n) is 7.28. The summed E-state index contributed by atoms with van der Waals surface area (Å²) in [5.74, 6) is -0.151. The van der Waals surface area contributed by atoms with Crippen molar-refractivity contribution in [3.63, 3.8) is 0 Å². The summed E-state index contributed by atoms with van der Waals surface area (Å²) in [5.41, 5.74) is 4.69. The molecule has 0 aliphatic carbocycles. The molecule has 0 radical (unpaired) electrons. The normalized spacial score (nSPS) is 10.3. The van der Waals surface area contributed by atoms with Crippen LogP contribution in [0.1, 0.15) is 21.6 Å². The zero-order chi connectivity index (χ0) is 16.2. The van der Waals surface area contributed by atoms with Crippen molar-refractivity contribution < 1.29 is 4.79 Å². The molecule has 0 atom stereocenters. The summed E-state index contributed by atoms with van der Waals surface area (Å²) in [6.45, 7) is 3.96. The Morgan fingerprint density at radius 2 is 1.78 bits per heavy atom. The average Bonchev–Trinajstić information content (AvgIpc) is 2.95. The van der Waals surface area contributed by atoms with Crippen LogP contribution in [0.25, 0.3) is 0 Å². The number of hydrogen-bond acceptors (Lipinski definition) is 4. The fourth-order valence-electron chi connectivity index (χ4n) is 2.15. The molecule has 3 aromatic rings. The number of thiazole rings is 1. The molecule has 116 valence electrons. The zero-order valence-corrected chi connectivity index (χ0v) is 13.8. The van der Waals surface area contributed by atoms with Crippen molar-refractivity contribution in [2.75, 3.05) is 10.6 Å². The van der Waals surface area contributed by atoms with Gasteiger partial charge in [0, 0.05) is 22.3 Å². The molecular weight excluding hydrogens is 306 g/mol. The fourth-order valence-corrected chi connectivity index (χ4v) is 2.84. The second kappa shape index (κ2) is 6.62. The van der Waals surface area contributed by atoms with E-state index in [4.69, 9.17) is 0 Å². The number of carbonyl (C=O) groups is 1. The van der Waals surface area contributed by atoms with Crippen molar-refractivity contribution in [2.45, 2.75) is 13.8 Å². The van der Waals surface area contributed by atoms with Crippen molar-refractivity contribution in [3.8, 4) is 0 Å². The van der Waals surface area contributed by atoms with Crippen molar-refractivity contribution in [2.24, 2.45) is 0 Å². The van der Waals surface area contributed by atoms with Gasteiger partial charge in [-0.1, -0.05) is 18.2 Å². The van der Waals surface area contributed by atoms with E-state index < -0.39 is 0 Å². The number of benzene rings is 2. The number of anilines is 3. The van der Waals surface area contributed by atoms with Crippen LogP contribution >= 0.6 is 11.3 Å². The Morgan fingerprint density at radius 1 is 1.04 bits per heavy atom. The third kappa shape index (κ3) is 3.76. The van der Waals surface area contributed by atoms with E-state index in [1.54, 1.807) is 12.1 Å². The maximum Gasteiger partial charge on any atom is 0.257 e. The lowest BCUT2D eigenvalue weighted by molar-refractivity contribution is 0.102. The topological polar surface area (TPSA) is 54.0 Å². The number of nitrogens with one attached hydrogen (secondary N) is 2. The number of rotatable bonds is 4. The minimum atomic E-state index is -0.151. The van der Waals surface area contributed by atoms with E-state index in [2.05, 4.69) is 28.6 Å². The Labute approximate surface area is 139 Å². The molecule has 1 heterocycles. The summed E-state index contributed by atoms with van der Waals surface area (Å²) in [5, 5.41) is 8.68. The summed E-state index contributed by atoms with van der Waals surface area (Å²) < 4.78 is 0. The van der Waals surface area contributed by atoms with Gasteiger partial charge in [0.15, 0.2) is 5.13 Å². The minimum absolute atomic E-state index is 0.151. The molecule has 5 heteroatoms. The third-order valence-electron chi connectivity index (χ3n) is 3.41. The van der Waals surface area contributed by atoms with E-state index in [0.29, 0.717) is 10.7 Å². The quantitative estimate of drug-likeness (QED) is 0.728. The van der Waals surface area contributed by atoms with Crippen LogP contribution in [0, 0.1) is 13.8 Å². The van der Waals surface area contributed by atoms with Gasteiger partial charge in [-0.3, -0.25) is 10.1 Å². The van der Waals surface area contributed by atoms with Gasteiger partial charge in [-0.25, -0.2) is 4.98 Å². The molecule has 1 amide bonds. The van der Waals surface area contributed by atoms with Gasteiger partial charge in [-0.15, -0.1) is 11.3 Å². The molecule has 0 saturated carbocycles. The van der Waals surface area contributed by atoms with E-state index in [0.717, 1.165) is 17.1 Å². The van der Waals surface area contributed by atoms with Crippen molar-refractivity contribution in [3.05, 3.63) is 70.7 Å². The van der Waals surface area contributed by atoms with Crippen LogP contribution in [-0.4, -0.2) is 10.9 Å². The molecule has 0 fully saturated rings. The van der Waals surface area contributed by atoms with Gasteiger partial charge in [-0.05, 0) is 49.7 Å². The molecule has 0 aliphatic rings. The maximum atomic E-state index is 12.2. The summed E-state index contributed by atoms with van der Waals surface area (Å²) in [4.78, 5) is 16.4. The van der Waals surface area contributed by atoms with Gasteiger partial charge >= 0.3 is 0 Å². The Kier molecular flexibility index (Phi) is 4.39. The second-order valence-corrected chi connectivity index (χ2v) is 6.12. The lowest BCUT2D eigenvalue weighted by Crippen LogP contribution is -2.11. The van der Waals surface area contributed by atoms with Crippen LogP contribution in [0.4, 0.5) is 16.5 Å². The number of hydrogen-bond donors (Lipinski definition) is 2. The molecule has 2 N–H and O–H groups in total. The summed E-state index contributed by atoms with van der Waals surface area (Å²) in [6.07, 6.45) is 0. The largest absolute Gasteiger partial charge is 0.355 e. The van der Waals surface area contributed by atoms with Gasteiger partial charge in [0.05, 0.1) is 5.69 Å². The number of carbonyl (C=O) groups excluding carboxylic acids is 1. The molecule has 0 saturated heterocycles. The zero-order valence-electron chi connectivity index (χ0n) is 13.0. The first-order chi connectivity index (χ1) is 11.1. The first-order valence-corrected chi connectivity index (χ1v) is 8.16. The number of para-hydroxylation sites is 1. The number of aromatic nitrogens is 1. The molecule has 23 heavy (non-hydrogen) atoms. The highest BCUT2D eigenvalue weighted by Crippen LogP contribution is 2.21. The third-order valence-corrected chi connectivity index (χ3v) is 4.29. The highest BCUT2D eigenvalue weighted by Gasteiger charge is 2.08. The van der Waals surface area contributed by atoms with Gasteiger partial charge in [0.25, 0.3) is 5.91 Å². The molecule has 0 unspecified atom stereocenters. The predicted octanol–water partition coefficient (Wildman–Crippen LogP) is 4.76. The van der Waals surface area contributed by atoms with Crippen molar-refractivity contribution in [1.82, 2.24) is 4.98 Å². The summed E-state index contributed by atoms with van der Waals surface area (Å²) >= 11 is 1.42. The molecular formula is C18H17N3OS. The lowest BCUT2D eigenvalue weighted by Gasteiger charge is -2.10. The Bertz CT molecular complexity index is 824. The minimum Gasteiger partial charge on any atom is -0.355 e. The number of nitrogens with zero attached hydrogens (tertiary/aromatic N) is 1. The summed E-state index contributed by atoms with van der Waals surface area (Å²) in [7, 11) is 0. The number of aryl methyl sites for hydroxylation is 2. The van der Waals surface area contributed by atoms with Gasteiger partial charge < -0.3 is 5.32 Å². The van der Waals surface area contributed by atoms with Gasteiger partial charge in [-0.2, -0.15) is 0 Å². The molecule has 0 aliphatic heterocycles.